The van der Waals surface area contributed by atoms with Crippen LogP contribution < -0.4 is 10.1 Å². The molecule has 1 aromatic heterocycles. The Labute approximate surface area is 117 Å². The third kappa shape index (κ3) is 3.44. The van der Waals surface area contributed by atoms with Gasteiger partial charge in [-0.3, -0.25) is 0 Å². The molecule has 2 rings (SSSR count). The van der Waals surface area contributed by atoms with Crippen molar-refractivity contribution >= 4 is 16.5 Å². The number of anilines is 1. The minimum absolute atomic E-state index is 0.460. The number of benzene rings is 1. The lowest BCUT2D eigenvalue weighted by atomic mass is 10.0. The second kappa shape index (κ2) is 6.02. The van der Waals surface area contributed by atoms with Crippen molar-refractivity contribution in [2.45, 2.75) is 33.3 Å². The number of rotatable bonds is 5. The minimum atomic E-state index is 0.460. The molecule has 0 aliphatic carbocycles. The number of aryl methyl sites for hydroxylation is 1. The third-order valence-electron chi connectivity index (χ3n) is 2.91. The van der Waals surface area contributed by atoms with Crippen LogP contribution in [-0.2, 0) is 6.61 Å². The highest BCUT2D eigenvalue weighted by molar-refractivity contribution is 7.15. The smallest absolute Gasteiger partial charge is 0.205 e. The molecule has 0 atom stereocenters. The number of nitrogens with one attached hydrogen (secondary N) is 1. The Balaban J connectivity index is 2.08. The van der Waals surface area contributed by atoms with Crippen LogP contribution in [0, 0.1) is 6.92 Å². The highest BCUT2D eigenvalue weighted by Crippen LogP contribution is 2.25. The van der Waals surface area contributed by atoms with Crippen LogP contribution in [0.15, 0.2) is 18.2 Å². The minimum Gasteiger partial charge on any atom is -0.486 e. The molecule has 0 aliphatic rings. The maximum atomic E-state index is 5.85. The van der Waals surface area contributed by atoms with Crippen LogP contribution in [0.25, 0.3) is 0 Å². The molecule has 0 fully saturated rings. The highest BCUT2D eigenvalue weighted by atomic mass is 32.1. The average molecular weight is 277 g/mol. The fourth-order valence-corrected chi connectivity index (χ4v) is 2.29. The number of ether oxygens (including phenoxy) is 1. The lowest BCUT2D eigenvalue weighted by molar-refractivity contribution is 0.302. The van der Waals surface area contributed by atoms with Gasteiger partial charge in [0, 0.05) is 7.05 Å². The fourth-order valence-electron chi connectivity index (χ4n) is 1.68. The van der Waals surface area contributed by atoms with Gasteiger partial charge in [0.15, 0.2) is 5.01 Å². The molecule has 2 aromatic rings. The first kappa shape index (κ1) is 13.8. The molecule has 0 aliphatic heterocycles. The van der Waals surface area contributed by atoms with E-state index in [1.54, 1.807) is 0 Å². The second-order valence-corrected chi connectivity index (χ2v) is 5.78. The average Bonchev–Trinajstić information content (AvgIpc) is 2.85. The molecule has 0 spiro atoms. The summed E-state index contributed by atoms with van der Waals surface area (Å²) in [6.45, 7) is 6.87. The normalized spacial score (nSPS) is 10.8. The maximum Gasteiger partial charge on any atom is 0.205 e. The van der Waals surface area contributed by atoms with Gasteiger partial charge in [0.1, 0.15) is 12.4 Å². The summed E-state index contributed by atoms with van der Waals surface area (Å²) in [6.07, 6.45) is 0. The topological polar surface area (TPSA) is 47.0 Å². The van der Waals surface area contributed by atoms with Crippen molar-refractivity contribution in [2.24, 2.45) is 0 Å². The first-order chi connectivity index (χ1) is 9.10. The SMILES string of the molecule is CNc1nnc(COc2cc(C(C)C)ccc2C)s1. The summed E-state index contributed by atoms with van der Waals surface area (Å²) in [4.78, 5) is 0. The molecule has 1 N–H and O–H groups in total. The molecule has 0 bridgehead atoms. The number of hydrogen-bond donors (Lipinski definition) is 1. The summed E-state index contributed by atoms with van der Waals surface area (Å²) in [7, 11) is 1.83. The van der Waals surface area contributed by atoms with Gasteiger partial charge >= 0.3 is 0 Å². The van der Waals surface area contributed by atoms with E-state index in [-0.39, 0.29) is 0 Å². The predicted octanol–water partition coefficient (Wildman–Crippen LogP) is 3.59. The van der Waals surface area contributed by atoms with Gasteiger partial charge < -0.3 is 10.1 Å². The Hall–Kier alpha value is -1.62. The molecular weight excluding hydrogens is 258 g/mol. The molecule has 0 amide bonds. The van der Waals surface area contributed by atoms with Crippen LogP contribution in [0.5, 0.6) is 5.75 Å². The third-order valence-corrected chi connectivity index (χ3v) is 3.82. The van der Waals surface area contributed by atoms with Gasteiger partial charge in [-0.1, -0.05) is 37.3 Å². The van der Waals surface area contributed by atoms with Gasteiger partial charge in [0.2, 0.25) is 5.13 Å². The molecule has 1 aromatic carbocycles. The van der Waals surface area contributed by atoms with Crippen molar-refractivity contribution in [1.82, 2.24) is 10.2 Å². The van der Waals surface area contributed by atoms with Crippen molar-refractivity contribution < 1.29 is 4.74 Å². The molecule has 0 radical (unpaired) electrons. The largest absolute Gasteiger partial charge is 0.486 e. The summed E-state index contributed by atoms with van der Waals surface area (Å²) in [5.74, 6) is 1.42. The van der Waals surface area contributed by atoms with Crippen LogP contribution in [0.1, 0.15) is 35.9 Å². The van der Waals surface area contributed by atoms with Crippen molar-refractivity contribution in [3.8, 4) is 5.75 Å². The van der Waals surface area contributed by atoms with Crippen molar-refractivity contribution in [3.63, 3.8) is 0 Å². The second-order valence-electron chi connectivity index (χ2n) is 4.72. The van der Waals surface area contributed by atoms with Gasteiger partial charge in [0.05, 0.1) is 0 Å². The predicted molar refractivity (Wildman–Crippen MR) is 79.1 cm³/mol. The quantitative estimate of drug-likeness (QED) is 0.907. The van der Waals surface area contributed by atoms with E-state index in [0.717, 1.165) is 21.5 Å². The summed E-state index contributed by atoms with van der Waals surface area (Å²) in [5.41, 5.74) is 2.43. The van der Waals surface area contributed by atoms with E-state index in [0.29, 0.717) is 12.5 Å². The van der Waals surface area contributed by atoms with Crippen molar-refractivity contribution in [1.29, 1.82) is 0 Å². The first-order valence-electron chi connectivity index (χ1n) is 6.33. The summed E-state index contributed by atoms with van der Waals surface area (Å²) < 4.78 is 5.85. The lowest BCUT2D eigenvalue weighted by Gasteiger charge is -2.11. The number of nitrogens with zero attached hydrogens (tertiary/aromatic N) is 2. The zero-order valence-electron chi connectivity index (χ0n) is 11.7. The number of aromatic nitrogens is 2. The summed E-state index contributed by atoms with van der Waals surface area (Å²) in [6, 6.07) is 6.36. The van der Waals surface area contributed by atoms with E-state index in [9.17, 15) is 0 Å². The van der Waals surface area contributed by atoms with Crippen LogP contribution in [-0.4, -0.2) is 17.2 Å². The molecule has 4 nitrogen and oxygen atoms in total. The maximum absolute atomic E-state index is 5.85. The van der Waals surface area contributed by atoms with Crippen LogP contribution in [0.4, 0.5) is 5.13 Å². The van der Waals surface area contributed by atoms with Gasteiger partial charge in [-0.15, -0.1) is 10.2 Å². The molecule has 0 unspecified atom stereocenters. The van der Waals surface area contributed by atoms with E-state index in [2.05, 4.69) is 54.5 Å². The first-order valence-corrected chi connectivity index (χ1v) is 7.15. The Morgan fingerprint density at radius 2 is 2.11 bits per heavy atom. The highest BCUT2D eigenvalue weighted by Gasteiger charge is 2.07. The molecule has 0 saturated heterocycles. The van der Waals surface area contributed by atoms with Gasteiger partial charge in [0.25, 0.3) is 0 Å². The Bertz CT molecular complexity index is 551. The molecular formula is C14H19N3OS. The van der Waals surface area contributed by atoms with E-state index in [4.69, 9.17) is 4.74 Å². The molecule has 19 heavy (non-hydrogen) atoms. The molecule has 102 valence electrons. The monoisotopic (exact) mass is 277 g/mol. The Morgan fingerprint density at radius 3 is 2.74 bits per heavy atom. The van der Waals surface area contributed by atoms with Gasteiger partial charge in [-0.25, -0.2) is 0 Å². The van der Waals surface area contributed by atoms with E-state index in [1.807, 2.05) is 7.05 Å². The lowest BCUT2D eigenvalue weighted by Crippen LogP contribution is -1.98. The van der Waals surface area contributed by atoms with Crippen LogP contribution >= 0.6 is 11.3 Å². The molecule has 1 heterocycles. The van der Waals surface area contributed by atoms with E-state index in [1.165, 1.54) is 16.9 Å². The zero-order valence-corrected chi connectivity index (χ0v) is 12.5. The van der Waals surface area contributed by atoms with Crippen molar-refractivity contribution in [3.05, 3.63) is 34.3 Å². The van der Waals surface area contributed by atoms with Crippen LogP contribution in [0.3, 0.4) is 0 Å². The van der Waals surface area contributed by atoms with E-state index >= 15 is 0 Å². The van der Waals surface area contributed by atoms with E-state index < -0.39 is 0 Å². The Morgan fingerprint density at radius 1 is 1.32 bits per heavy atom. The summed E-state index contributed by atoms with van der Waals surface area (Å²) >= 11 is 1.51. The molecule has 5 heteroatoms. The zero-order chi connectivity index (χ0) is 13.8. The van der Waals surface area contributed by atoms with Gasteiger partial charge in [-0.2, -0.15) is 0 Å². The summed E-state index contributed by atoms with van der Waals surface area (Å²) in [5, 5.41) is 12.7. The Kier molecular flexibility index (Phi) is 4.37. The standard InChI is InChI=1S/C14H19N3OS/c1-9(2)11-6-5-10(3)12(7-11)18-8-13-16-17-14(15-4)19-13/h5-7,9H,8H2,1-4H3,(H,15,17). The van der Waals surface area contributed by atoms with Gasteiger partial charge in [-0.05, 0) is 30.0 Å². The van der Waals surface area contributed by atoms with Crippen molar-refractivity contribution in [2.75, 3.05) is 12.4 Å². The fraction of sp³-hybridized carbons (Fsp3) is 0.429. The van der Waals surface area contributed by atoms with Crippen LogP contribution in [0.2, 0.25) is 0 Å². The number of hydrogen-bond acceptors (Lipinski definition) is 5. The molecule has 0 saturated carbocycles.